The highest BCUT2D eigenvalue weighted by molar-refractivity contribution is 4.78. The van der Waals surface area contributed by atoms with E-state index in [0.29, 0.717) is 6.10 Å². The summed E-state index contributed by atoms with van der Waals surface area (Å²) in [4.78, 5) is 2.22. The molecule has 0 amide bonds. The summed E-state index contributed by atoms with van der Waals surface area (Å²) in [5.74, 6) is 0. The molecule has 1 heterocycles. The lowest BCUT2D eigenvalue weighted by Crippen LogP contribution is -2.35. The molecule has 1 aliphatic rings. The molecular weight excluding hydrogens is 114 g/mol. The minimum Gasteiger partial charge on any atom is -0.357 e. The van der Waals surface area contributed by atoms with Gasteiger partial charge in [-0.3, -0.25) is 4.90 Å². The first-order chi connectivity index (χ1) is 4.02. The number of nitrogens with zero attached hydrogens (tertiary/aromatic N) is 1. The van der Waals surface area contributed by atoms with E-state index in [4.69, 9.17) is 4.74 Å². The zero-order chi connectivity index (χ0) is 7.07. The van der Waals surface area contributed by atoms with Crippen LogP contribution in [0.15, 0.2) is 0 Å². The number of rotatable bonds is 0. The summed E-state index contributed by atoms with van der Waals surface area (Å²) >= 11 is 0. The molecule has 0 radical (unpaired) electrons. The molecule has 2 nitrogen and oxygen atoms in total. The zero-order valence-corrected chi connectivity index (χ0v) is 6.64. The molecule has 0 aromatic heterocycles. The van der Waals surface area contributed by atoms with Crippen molar-refractivity contribution in [3.63, 3.8) is 0 Å². The van der Waals surface area contributed by atoms with Crippen molar-refractivity contribution in [2.75, 3.05) is 13.6 Å². The summed E-state index contributed by atoms with van der Waals surface area (Å²) in [6.45, 7) is 7.34. The Morgan fingerprint density at radius 1 is 1.56 bits per heavy atom. The van der Waals surface area contributed by atoms with Gasteiger partial charge in [0.2, 0.25) is 0 Å². The Bertz CT molecular complexity index is 111. The molecule has 1 rings (SSSR count). The molecule has 0 aromatic carbocycles. The lowest BCUT2D eigenvalue weighted by atomic mass is 10.3. The van der Waals surface area contributed by atoms with E-state index in [1.165, 1.54) is 0 Å². The third-order valence-electron chi connectivity index (χ3n) is 1.94. The van der Waals surface area contributed by atoms with Gasteiger partial charge in [-0.05, 0) is 27.8 Å². The third-order valence-corrected chi connectivity index (χ3v) is 1.94. The Balaban J connectivity index is 2.58. The van der Waals surface area contributed by atoms with Crippen LogP contribution >= 0.6 is 0 Å². The molecule has 0 aliphatic carbocycles. The molecule has 0 aromatic rings. The van der Waals surface area contributed by atoms with Crippen molar-refractivity contribution in [2.45, 2.75) is 32.6 Å². The molecule has 0 saturated carbocycles. The Morgan fingerprint density at radius 2 is 2.11 bits per heavy atom. The lowest BCUT2D eigenvalue weighted by Gasteiger charge is -2.25. The van der Waals surface area contributed by atoms with Crippen molar-refractivity contribution in [3.05, 3.63) is 0 Å². The van der Waals surface area contributed by atoms with Gasteiger partial charge in [-0.15, -0.1) is 0 Å². The van der Waals surface area contributed by atoms with Crippen LogP contribution in [0.5, 0.6) is 0 Å². The van der Waals surface area contributed by atoms with Gasteiger partial charge in [0.25, 0.3) is 0 Å². The van der Waals surface area contributed by atoms with E-state index in [2.05, 4.69) is 32.7 Å². The molecule has 1 aliphatic heterocycles. The smallest absolute Gasteiger partial charge is 0.116 e. The maximum absolute atomic E-state index is 5.59. The van der Waals surface area contributed by atoms with E-state index >= 15 is 0 Å². The van der Waals surface area contributed by atoms with Crippen molar-refractivity contribution in [1.29, 1.82) is 0 Å². The summed E-state index contributed by atoms with van der Waals surface area (Å²) in [5.41, 5.74) is -0.0422. The van der Waals surface area contributed by atoms with E-state index in [9.17, 15) is 0 Å². The molecule has 0 bridgehead atoms. The summed E-state index contributed by atoms with van der Waals surface area (Å²) in [7, 11) is 2.09. The predicted molar refractivity (Wildman–Crippen MR) is 37.3 cm³/mol. The van der Waals surface area contributed by atoms with Crippen LogP contribution in [-0.2, 0) is 4.74 Å². The first-order valence-electron chi connectivity index (χ1n) is 3.41. The zero-order valence-electron chi connectivity index (χ0n) is 6.64. The minimum absolute atomic E-state index is 0.0422. The minimum atomic E-state index is -0.0422. The Labute approximate surface area is 56.8 Å². The van der Waals surface area contributed by atoms with Gasteiger partial charge in [-0.2, -0.15) is 0 Å². The summed E-state index contributed by atoms with van der Waals surface area (Å²) in [6, 6.07) is 0. The maximum Gasteiger partial charge on any atom is 0.116 e. The average molecular weight is 129 g/mol. The van der Waals surface area contributed by atoms with E-state index < -0.39 is 0 Å². The van der Waals surface area contributed by atoms with Crippen LogP contribution < -0.4 is 0 Å². The van der Waals surface area contributed by atoms with Crippen molar-refractivity contribution in [2.24, 2.45) is 0 Å². The Hall–Kier alpha value is -0.0800. The van der Waals surface area contributed by atoms with E-state index in [0.717, 1.165) is 6.54 Å². The highest BCUT2D eigenvalue weighted by atomic mass is 16.5. The van der Waals surface area contributed by atoms with Crippen molar-refractivity contribution < 1.29 is 4.74 Å². The lowest BCUT2D eigenvalue weighted by molar-refractivity contribution is -0.0622. The monoisotopic (exact) mass is 129 g/mol. The molecule has 1 saturated heterocycles. The molecule has 1 fully saturated rings. The van der Waals surface area contributed by atoms with Crippen LogP contribution in [0.2, 0.25) is 0 Å². The molecule has 54 valence electrons. The number of likely N-dealkylation sites (N-methyl/N-ethyl adjacent to an activating group) is 1. The highest BCUT2D eigenvalue weighted by Crippen LogP contribution is 2.23. The van der Waals surface area contributed by atoms with Gasteiger partial charge in [-0.25, -0.2) is 0 Å². The van der Waals surface area contributed by atoms with Gasteiger partial charge < -0.3 is 4.74 Å². The highest BCUT2D eigenvalue weighted by Gasteiger charge is 2.33. The van der Waals surface area contributed by atoms with Crippen molar-refractivity contribution >= 4 is 0 Å². The van der Waals surface area contributed by atoms with Crippen molar-refractivity contribution in [3.8, 4) is 0 Å². The number of ether oxygens (including phenoxy) is 1. The molecule has 0 spiro atoms. The number of hydrogen-bond donors (Lipinski definition) is 0. The van der Waals surface area contributed by atoms with Crippen molar-refractivity contribution in [1.82, 2.24) is 4.90 Å². The van der Waals surface area contributed by atoms with E-state index in [1.807, 2.05) is 0 Å². The van der Waals surface area contributed by atoms with Crippen LogP contribution in [0.25, 0.3) is 0 Å². The van der Waals surface area contributed by atoms with E-state index in [1.54, 1.807) is 0 Å². The van der Waals surface area contributed by atoms with Crippen LogP contribution in [0, 0.1) is 0 Å². The van der Waals surface area contributed by atoms with Gasteiger partial charge in [-0.1, -0.05) is 0 Å². The predicted octanol–water partition coefficient (Wildman–Crippen LogP) is 1.07. The largest absolute Gasteiger partial charge is 0.357 e. The SMILES string of the molecule is C[C@H]1CN(C)C(C)(C)O1. The van der Waals surface area contributed by atoms with E-state index in [-0.39, 0.29) is 5.72 Å². The first kappa shape index (κ1) is 7.03. The summed E-state index contributed by atoms with van der Waals surface area (Å²) < 4.78 is 5.59. The number of hydrogen-bond acceptors (Lipinski definition) is 2. The topological polar surface area (TPSA) is 12.5 Å². The molecule has 2 heteroatoms. The van der Waals surface area contributed by atoms with Crippen LogP contribution in [0.3, 0.4) is 0 Å². The third kappa shape index (κ3) is 1.25. The Morgan fingerprint density at radius 3 is 2.22 bits per heavy atom. The van der Waals surface area contributed by atoms with Gasteiger partial charge in [0.1, 0.15) is 5.72 Å². The fourth-order valence-corrected chi connectivity index (χ4v) is 1.23. The second-order valence-corrected chi connectivity index (χ2v) is 3.26. The van der Waals surface area contributed by atoms with Gasteiger partial charge in [0.05, 0.1) is 6.10 Å². The molecule has 9 heavy (non-hydrogen) atoms. The normalized spacial score (nSPS) is 35.3. The summed E-state index contributed by atoms with van der Waals surface area (Å²) in [6.07, 6.45) is 0.394. The average Bonchev–Trinajstić information content (AvgIpc) is 1.79. The standard InChI is InChI=1S/C7H15NO/c1-6-5-8(4)7(2,3)9-6/h6H,5H2,1-4H3/t6-/m0/s1. The fraction of sp³-hybridized carbons (Fsp3) is 1.00. The van der Waals surface area contributed by atoms with Gasteiger partial charge in [0.15, 0.2) is 0 Å². The van der Waals surface area contributed by atoms with Gasteiger partial charge in [0, 0.05) is 6.54 Å². The van der Waals surface area contributed by atoms with Crippen LogP contribution in [0.4, 0.5) is 0 Å². The Kier molecular flexibility index (Phi) is 1.53. The molecular formula is C7H15NO. The van der Waals surface area contributed by atoms with Gasteiger partial charge >= 0.3 is 0 Å². The molecule has 0 N–H and O–H groups in total. The quantitative estimate of drug-likeness (QED) is 0.485. The van der Waals surface area contributed by atoms with Crippen LogP contribution in [0.1, 0.15) is 20.8 Å². The second kappa shape index (κ2) is 1.96. The second-order valence-electron chi connectivity index (χ2n) is 3.26. The summed E-state index contributed by atoms with van der Waals surface area (Å²) in [5, 5.41) is 0. The first-order valence-corrected chi connectivity index (χ1v) is 3.41. The fourth-order valence-electron chi connectivity index (χ4n) is 1.23. The van der Waals surface area contributed by atoms with Crippen LogP contribution in [-0.4, -0.2) is 30.3 Å². The maximum atomic E-state index is 5.59. The molecule has 0 unspecified atom stereocenters. The molecule has 1 atom stereocenters.